The number of hydrogen-bond donors (Lipinski definition) is 1. The molecule has 2 N–H and O–H groups in total. The monoisotopic (exact) mass is 438 g/mol. The normalized spacial score (nSPS) is 12.9. The average Bonchev–Trinajstić information content (AvgIpc) is 2.22. The zero-order valence-corrected chi connectivity index (χ0v) is 14.2. The van der Waals surface area contributed by atoms with E-state index in [9.17, 15) is 21.6 Å². The molecule has 114 valence electrons. The van der Waals surface area contributed by atoms with E-state index in [1.165, 1.54) is 19.1 Å². The van der Waals surface area contributed by atoms with Crippen molar-refractivity contribution in [3.63, 3.8) is 0 Å². The van der Waals surface area contributed by atoms with Crippen molar-refractivity contribution in [2.45, 2.75) is 18.0 Å². The van der Waals surface area contributed by atoms with Crippen LogP contribution in [0.5, 0.6) is 0 Å². The van der Waals surface area contributed by atoms with Gasteiger partial charge in [-0.3, -0.25) is 0 Å². The minimum atomic E-state index is -4.63. The minimum Gasteiger partial charge on any atom is -0.398 e. The summed E-state index contributed by atoms with van der Waals surface area (Å²) in [5.74, 6) is 0. The van der Waals surface area contributed by atoms with Crippen molar-refractivity contribution in [3.8, 4) is 0 Å². The van der Waals surface area contributed by atoms with Gasteiger partial charge in [-0.25, -0.2) is 8.42 Å². The van der Waals surface area contributed by atoms with Crippen molar-refractivity contribution in [2.24, 2.45) is 0 Å². The van der Waals surface area contributed by atoms with Gasteiger partial charge >= 0.3 is 6.18 Å². The number of hydrogen-bond acceptors (Lipinski definition) is 3. The maximum absolute atomic E-state index is 12.4. The van der Waals surface area contributed by atoms with Crippen molar-refractivity contribution in [2.75, 3.05) is 18.8 Å². The summed E-state index contributed by atoms with van der Waals surface area (Å²) in [5.41, 5.74) is 5.48. The van der Waals surface area contributed by atoms with E-state index in [4.69, 9.17) is 5.73 Å². The van der Waals surface area contributed by atoms with Crippen LogP contribution in [0.2, 0.25) is 0 Å². The van der Waals surface area contributed by atoms with Crippen LogP contribution in [0.3, 0.4) is 0 Å². The second kappa shape index (κ2) is 6.20. The molecular weight excluding hydrogens is 429 g/mol. The molecule has 1 rings (SSSR count). The van der Waals surface area contributed by atoms with Crippen LogP contribution in [0.4, 0.5) is 18.9 Å². The van der Waals surface area contributed by atoms with Crippen molar-refractivity contribution in [1.29, 1.82) is 0 Å². The summed E-state index contributed by atoms with van der Waals surface area (Å²) in [7, 11) is -4.34. The summed E-state index contributed by atoms with van der Waals surface area (Å²) in [6, 6.07) is 2.73. The van der Waals surface area contributed by atoms with Crippen LogP contribution < -0.4 is 5.73 Å². The van der Waals surface area contributed by atoms with E-state index in [1.54, 1.807) is 0 Å². The van der Waals surface area contributed by atoms with E-state index < -0.39 is 22.7 Å². The van der Waals surface area contributed by atoms with Crippen LogP contribution in [-0.2, 0) is 10.0 Å². The lowest BCUT2D eigenvalue weighted by atomic mass is 10.3. The number of benzene rings is 1. The Morgan fingerprint density at radius 2 is 1.85 bits per heavy atom. The largest absolute Gasteiger partial charge is 0.402 e. The first-order chi connectivity index (χ1) is 8.99. The summed E-state index contributed by atoms with van der Waals surface area (Å²) >= 11 is 6.13. The third-order valence-electron chi connectivity index (χ3n) is 2.34. The Kier molecular flexibility index (Phi) is 5.50. The van der Waals surface area contributed by atoms with Gasteiger partial charge in [-0.1, -0.05) is 22.9 Å². The molecule has 0 aromatic heterocycles. The van der Waals surface area contributed by atoms with Crippen molar-refractivity contribution in [3.05, 3.63) is 21.1 Å². The van der Waals surface area contributed by atoms with Crippen molar-refractivity contribution < 1.29 is 21.6 Å². The highest BCUT2D eigenvalue weighted by molar-refractivity contribution is 9.11. The van der Waals surface area contributed by atoms with Crippen LogP contribution in [0.1, 0.15) is 6.92 Å². The number of nitrogens with zero attached hydrogens (tertiary/aromatic N) is 1. The van der Waals surface area contributed by atoms with Gasteiger partial charge in [-0.05, 0) is 28.1 Å². The number of alkyl halides is 3. The zero-order valence-electron chi connectivity index (χ0n) is 10.2. The van der Waals surface area contributed by atoms with Gasteiger partial charge in [0.25, 0.3) is 0 Å². The molecule has 1 aromatic rings. The molecule has 20 heavy (non-hydrogen) atoms. The van der Waals surface area contributed by atoms with Crippen LogP contribution in [0.25, 0.3) is 0 Å². The lowest BCUT2D eigenvalue weighted by Crippen LogP contribution is -2.39. The lowest BCUT2D eigenvalue weighted by Gasteiger charge is -2.23. The lowest BCUT2D eigenvalue weighted by molar-refractivity contribution is -0.135. The fourth-order valence-electron chi connectivity index (χ4n) is 1.55. The molecule has 0 amide bonds. The van der Waals surface area contributed by atoms with E-state index in [2.05, 4.69) is 31.9 Å². The Bertz CT molecular complexity index is 582. The summed E-state index contributed by atoms with van der Waals surface area (Å²) in [5, 5.41) is 0. The molecule has 0 heterocycles. The molecule has 0 bridgehead atoms. The third kappa shape index (κ3) is 4.09. The third-order valence-corrected chi connectivity index (χ3v) is 5.73. The molecule has 10 heteroatoms. The quantitative estimate of drug-likeness (QED) is 0.731. The van der Waals surface area contributed by atoms with Crippen LogP contribution in [0, 0.1) is 0 Å². The highest BCUT2D eigenvalue weighted by Crippen LogP contribution is 2.34. The fourth-order valence-corrected chi connectivity index (χ4v) is 5.00. The maximum Gasteiger partial charge on any atom is 0.402 e. The van der Waals surface area contributed by atoms with Crippen LogP contribution in [-0.4, -0.2) is 32.0 Å². The molecule has 0 unspecified atom stereocenters. The number of rotatable bonds is 4. The molecule has 0 atom stereocenters. The number of halogens is 5. The number of sulfonamides is 1. The molecular formula is C10H11Br2F3N2O2S. The van der Waals surface area contributed by atoms with Gasteiger partial charge in [0.2, 0.25) is 10.0 Å². The Morgan fingerprint density at radius 3 is 2.25 bits per heavy atom. The SMILES string of the molecule is CCN(CC(F)(F)F)S(=O)(=O)c1c(N)cc(Br)cc1Br. The van der Waals surface area contributed by atoms with Gasteiger partial charge < -0.3 is 5.73 Å². The molecule has 0 aliphatic carbocycles. The smallest absolute Gasteiger partial charge is 0.398 e. The van der Waals surface area contributed by atoms with Crippen molar-refractivity contribution >= 4 is 47.6 Å². The van der Waals surface area contributed by atoms with E-state index in [0.29, 0.717) is 8.78 Å². The fraction of sp³-hybridized carbons (Fsp3) is 0.400. The summed E-state index contributed by atoms with van der Waals surface area (Å²) in [4.78, 5) is -0.369. The number of nitrogen functional groups attached to an aromatic ring is 1. The molecule has 0 radical (unpaired) electrons. The molecule has 0 saturated heterocycles. The van der Waals surface area contributed by atoms with Gasteiger partial charge in [0.15, 0.2) is 0 Å². The standard InChI is InChI=1S/C10H11Br2F3N2O2S/c1-2-17(5-10(13,14)15)20(18,19)9-7(12)3-6(11)4-8(9)16/h3-4H,2,5,16H2,1H3. The van der Waals surface area contributed by atoms with Gasteiger partial charge in [0, 0.05) is 15.5 Å². The number of nitrogens with two attached hydrogens (primary N) is 1. The van der Waals surface area contributed by atoms with E-state index in [1.807, 2.05) is 0 Å². The predicted molar refractivity (Wildman–Crippen MR) is 76.7 cm³/mol. The van der Waals surface area contributed by atoms with Gasteiger partial charge in [-0.15, -0.1) is 0 Å². The molecule has 1 aromatic carbocycles. The first-order valence-electron chi connectivity index (χ1n) is 5.30. The molecule has 0 aliphatic rings. The van der Waals surface area contributed by atoms with Crippen LogP contribution in [0.15, 0.2) is 26.0 Å². The molecule has 4 nitrogen and oxygen atoms in total. The van der Waals surface area contributed by atoms with Crippen molar-refractivity contribution in [1.82, 2.24) is 4.31 Å². The van der Waals surface area contributed by atoms with Crippen LogP contribution >= 0.6 is 31.9 Å². The Balaban J connectivity index is 3.35. The second-order valence-electron chi connectivity index (χ2n) is 3.85. The zero-order chi connectivity index (χ0) is 15.7. The van der Waals surface area contributed by atoms with Gasteiger partial charge in [-0.2, -0.15) is 17.5 Å². The Morgan fingerprint density at radius 1 is 1.30 bits per heavy atom. The van der Waals surface area contributed by atoms with E-state index in [-0.39, 0.29) is 21.6 Å². The Hall–Kier alpha value is -0.320. The molecule has 0 saturated carbocycles. The first kappa shape index (κ1) is 17.7. The summed E-state index contributed by atoms with van der Waals surface area (Å²) in [6.07, 6.45) is -4.63. The first-order valence-corrected chi connectivity index (χ1v) is 8.33. The van der Waals surface area contributed by atoms with Gasteiger partial charge in [0.05, 0.1) is 5.69 Å². The minimum absolute atomic E-state index is 0.102. The average molecular weight is 440 g/mol. The highest BCUT2D eigenvalue weighted by Gasteiger charge is 2.37. The summed E-state index contributed by atoms with van der Waals surface area (Å²) in [6.45, 7) is -0.552. The molecule has 0 aliphatic heterocycles. The number of anilines is 1. The topological polar surface area (TPSA) is 63.4 Å². The summed E-state index contributed by atoms with van der Waals surface area (Å²) < 4.78 is 62.9. The maximum atomic E-state index is 12.4. The van der Waals surface area contributed by atoms with E-state index in [0.717, 1.165) is 0 Å². The van der Waals surface area contributed by atoms with E-state index >= 15 is 0 Å². The predicted octanol–water partition coefficient (Wildman–Crippen LogP) is 3.37. The Labute approximate surface area is 131 Å². The van der Waals surface area contributed by atoms with Gasteiger partial charge in [0.1, 0.15) is 11.4 Å². The highest BCUT2D eigenvalue weighted by atomic mass is 79.9. The second-order valence-corrected chi connectivity index (χ2v) is 7.50. The molecule has 0 fully saturated rings. The molecule has 0 spiro atoms.